The molecular formula is C19H21IN2O2S. The molecule has 25 heavy (non-hydrogen) atoms. The monoisotopic (exact) mass is 468 g/mol. The highest BCUT2D eigenvalue weighted by Gasteiger charge is 2.38. The average molecular weight is 468 g/mol. The number of thioether (sulfide) groups is 1. The number of nitrogens with zero attached hydrogens (tertiary/aromatic N) is 1. The fourth-order valence-electron chi connectivity index (χ4n) is 2.67. The molecule has 1 aromatic heterocycles. The molecule has 0 spiro atoms. The van der Waals surface area contributed by atoms with Gasteiger partial charge in [-0.1, -0.05) is 31.0 Å². The predicted octanol–water partition coefficient (Wildman–Crippen LogP) is 4.13. The molecule has 2 rings (SSSR count). The van der Waals surface area contributed by atoms with Crippen LogP contribution in [-0.4, -0.2) is 28.1 Å². The van der Waals surface area contributed by atoms with Crippen molar-refractivity contribution in [3.05, 3.63) is 33.4 Å². The fraction of sp³-hybridized carbons (Fsp3) is 0.368. The topological polar surface area (TPSA) is 51.2 Å². The van der Waals surface area contributed by atoms with Crippen LogP contribution in [0.25, 0.3) is 10.9 Å². The van der Waals surface area contributed by atoms with Gasteiger partial charge in [0.1, 0.15) is 5.54 Å². The summed E-state index contributed by atoms with van der Waals surface area (Å²) < 4.78 is 7.10. The number of pyridine rings is 1. The Morgan fingerprint density at radius 3 is 2.84 bits per heavy atom. The minimum Gasteiger partial charge on any atom is -0.459 e. The summed E-state index contributed by atoms with van der Waals surface area (Å²) in [6, 6.07) is 8.11. The molecule has 1 amide bonds. The van der Waals surface area contributed by atoms with Crippen LogP contribution in [0.15, 0.2) is 24.3 Å². The van der Waals surface area contributed by atoms with Crippen molar-refractivity contribution in [3.8, 4) is 18.2 Å². The molecule has 0 bridgehead atoms. The Kier molecular flexibility index (Phi) is 6.58. The van der Waals surface area contributed by atoms with Crippen molar-refractivity contribution in [3.63, 3.8) is 0 Å². The van der Waals surface area contributed by atoms with E-state index in [1.807, 2.05) is 44.4 Å². The van der Waals surface area contributed by atoms with Crippen LogP contribution < -0.4 is 10.1 Å². The van der Waals surface area contributed by atoms with Gasteiger partial charge < -0.3 is 10.1 Å². The van der Waals surface area contributed by atoms with E-state index < -0.39 is 11.0 Å². The number of benzene rings is 1. The third-order valence-corrected chi connectivity index (χ3v) is 5.72. The molecule has 0 fully saturated rings. The van der Waals surface area contributed by atoms with Crippen LogP contribution in [0.2, 0.25) is 0 Å². The average Bonchev–Trinajstić information content (AvgIpc) is 2.58. The van der Waals surface area contributed by atoms with Crippen molar-refractivity contribution in [1.82, 2.24) is 10.3 Å². The summed E-state index contributed by atoms with van der Waals surface area (Å²) in [6.45, 7) is 5.42. The third kappa shape index (κ3) is 4.21. The summed E-state index contributed by atoms with van der Waals surface area (Å²) in [5, 5.41) is 3.95. The maximum atomic E-state index is 11.6. The molecular weight excluding hydrogens is 447 g/mol. The summed E-state index contributed by atoms with van der Waals surface area (Å²) in [7, 11) is 0. The van der Waals surface area contributed by atoms with Crippen LogP contribution in [0, 0.1) is 22.8 Å². The molecule has 0 radical (unpaired) electrons. The standard InChI is InChI=1S/C19H21IN2O2S/c1-6-19(7-2,22-13(4)23)18(25-5)24-17-15(20)11-14-10-8-9-12(3)16(14)21-17/h1,8-11,18H,7H2,2-5H3,(H,22,23). The largest absolute Gasteiger partial charge is 0.459 e. The fourth-order valence-corrected chi connectivity index (χ4v) is 4.14. The Morgan fingerprint density at radius 1 is 1.56 bits per heavy atom. The van der Waals surface area contributed by atoms with Gasteiger partial charge in [-0.2, -0.15) is 0 Å². The van der Waals surface area contributed by atoms with Gasteiger partial charge in [-0.3, -0.25) is 4.79 Å². The van der Waals surface area contributed by atoms with Crippen LogP contribution in [-0.2, 0) is 4.79 Å². The molecule has 4 nitrogen and oxygen atoms in total. The van der Waals surface area contributed by atoms with Crippen molar-refractivity contribution in [2.45, 2.75) is 38.2 Å². The number of aryl methyl sites for hydroxylation is 1. The molecule has 2 unspecified atom stereocenters. The van der Waals surface area contributed by atoms with Crippen molar-refractivity contribution in [1.29, 1.82) is 0 Å². The number of amides is 1. The Bertz CT molecular complexity index is 834. The zero-order valence-electron chi connectivity index (χ0n) is 14.7. The van der Waals surface area contributed by atoms with Crippen molar-refractivity contribution in [2.24, 2.45) is 0 Å². The minimum absolute atomic E-state index is 0.181. The zero-order valence-corrected chi connectivity index (χ0v) is 17.7. The van der Waals surface area contributed by atoms with Crippen molar-refractivity contribution >= 4 is 51.2 Å². The number of ether oxygens (including phenoxy) is 1. The van der Waals surface area contributed by atoms with E-state index in [1.165, 1.54) is 18.7 Å². The SMILES string of the molecule is C#CC(CC)(NC(C)=O)C(Oc1nc2c(C)cccc2cc1I)SC. The second-order valence-electron chi connectivity index (χ2n) is 5.76. The van der Waals surface area contributed by atoms with E-state index in [1.54, 1.807) is 0 Å². The lowest BCUT2D eigenvalue weighted by Crippen LogP contribution is -2.55. The zero-order chi connectivity index (χ0) is 18.6. The molecule has 132 valence electrons. The number of carbonyl (C=O) groups excluding carboxylic acids is 1. The van der Waals surface area contributed by atoms with Gasteiger partial charge in [0.05, 0.1) is 9.09 Å². The number of hydrogen-bond acceptors (Lipinski definition) is 4. The molecule has 1 heterocycles. The number of nitrogens with one attached hydrogen (secondary N) is 1. The Hall–Kier alpha value is -1.46. The van der Waals surface area contributed by atoms with E-state index in [4.69, 9.17) is 16.1 Å². The number of rotatable bonds is 6. The number of fused-ring (bicyclic) bond motifs is 1. The molecule has 0 saturated heterocycles. The molecule has 1 N–H and O–H groups in total. The van der Waals surface area contributed by atoms with E-state index in [9.17, 15) is 4.79 Å². The predicted molar refractivity (Wildman–Crippen MR) is 113 cm³/mol. The number of para-hydroxylation sites is 1. The van der Waals surface area contributed by atoms with Gasteiger partial charge in [-0.05, 0) is 53.8 Å². The van der Waals surface area contributed by atoms with Crippen LogP contribution in [0.1, 0.15) is 25.8 Å². The molecule has 1 aromatic carbocycles. The first-order chi connectivity index (χ1) is 11.9. The van der Waals surface area contributed by atoms with Crippen LogP contribution in [0.3, 0.4) is 0 Å². The van der Waals surface area contributed by atoms with E-state index in [-0.39, 0.29) is 5.91 Å². The second kappa shape index (κ2) is 8.28. The second-order valence-corrected chi connectivity index (χ2v) is 7.82. The van der Waals surface area contributed by atoms with Gasteiger partial charge in [-0.15, -0.1) is 18.2 Å². The summed E-state index contributed by atoms with van der Waals surface area (Å²) in [6.07, 6.45) is 8.23. The van der Waals surface area contributed by atoms with Gasteiger partial charge in [0.2, 0.25) is 11.8 Å². The highest BCUT2D eigenvalue weighted by Crippen LogP contribution is 2.32. The van der Waals surface area contributed by atoms with Gasteiger partial charge in [-0.25, -0.2) is 4.98 Å². The smallest absolute Gasteiger partial charge is 0.228 e. The highest BCUT2D eigenvalue weighted by atomic mass is 127. The van der Waals surface area contributed by atoms with Crippen LogP contribution in [0.5, 0.6) is 5.88 Å². The number of carbonyl (C=O) groups is 1. The lowest BCUT2D eigenvalue weighted by molar-refractivity contribution is -0.120. The molecule has 2 atom stereocenters. The van der Waals surface area contributed by atoms with Gasteiger partial charge in [0.15, 0.2) is 5.44 Å². The van der Waals surface area contributed by atoms with Crippen molar-refractivity contribution in [2.75, 3.05) is 6.26 Å². The molecule has 0 aliphatic heterocycles. The first-order valence-electron chi connectivity index (χ1n) is 7.88. The van der Waals surface area contributed by atoms with Crippen LogP contribution >= 0.6 is 34.4 Å². The van der Waals surface area contributed by atoms with E-state index >= 15 is 0 Å². The highest BCUT2D eigenvalue weighted by molar-refractivity contribution is 14.1. The molecule has 0 aliphatic rings. The number of terminal acetylenes is 1. The molecule has 2 aromatic rings. The Morgan fingerprint density at radius 2 is 2.28 bits per heavy atom. The number of hydrogen-bond donors (Lipinski definition) is 1. The first-order valence-corrected chi connectivity index (χ1v) is 10.3. The third-order valence-electron chi connectivity index (χ3n) is 4.02. The quantitative estimate of drug-likeness (QED) is 0.394. The van der Waals surface area contributed by atoms with E-state index in [0.717, 1.165) is 20.0 Å². The summed E-state index contributed by atoms with van der Waals surface area (Å²) in [5.74, 6) is 3.07. The van der Waals surface area contributed by atoms with Gasteiger partial charge >= 0.3 is 0 Å². The summed E-state index contributed by atoms with van der Waals surface area (Å²) in [5.41, 5.74) is 0.644. The van der Waals surface area contributed by atoms with Crippen LogP contribution in [0.4, 0.5) is 0 Å². The van der Waals surface area contributed by atoms with E-state index in [0.29, 0.717) is 12.3 Å². The number of halogens is 1. The first kappa shape index (κ1) is 19.9. The summed E-state index contributed by atoms with van der Waals surface area (Å²) >= 11 is 3.67. The number of aromatic nitrogens is 1. The van der Waals surface area contributed by atoms with Gasteiger partial charge in [0, 0.05) is 12.3 Å². The maximum absolute atomic E-state index is 11.6. The van der Waals surface area contributed by atoms with Crippen molar-refractivity contribution < 1.29 is 9.53 Å². The molecule has 0 aliphatic carbocycles. The molecule has 6 heteroatoms. The maximum Gasteiger partial charge on any atom is 0.228 e. The Balaban J connectivity index is 2.46. The van der Waals surface area contributed by atoms with E-state index in [2.05, 4.69) is 33.8 Å². The minimum atomic E-state index is -0.892. The summed E-state index contributed by atoms with van der Waals surface area (Å²) in [4.78, 5) is 16.3. The lowest BCUT2D eigenvalue weighted by Gasteiger charge is -2.35. The normalized spacial score (nSPS) is 14.4. The lowest BCUT2D eigenvalue weighted by atomic mass is 9.98. The molecule has 0 saturated carbocycles. The Labute approximate surface area is 166 Å². The van der Waals surface area contributed by atoms with Gasteiger partial charge in [0.25, 0.3) is 0 Å².